The van der Waals surface area contributed by atoms with Crippen molar-refractivity contribution in [3.63, 3.8) is 0 Å². The van der Waals surface area contributed by atoms with Crippen molar-refractivity contribution in [3.05, 3.63) is 50.9 Å². The summed E-state index contributed by atoms with van der Waals surface area (Å²) in [6.07, 6.45) is -9.35. The predicted octanol–water partition coefficient (Wildman–Crippen LogP) is 5.94. The van der Waals surface area contributed by atoms with Gasteiger partial charge in [0.2, 0.25) is 0 Å². The van der Waals surface area contributed by atoms with E-state index >= 15 is 0 Å². The van der Waals surface area contributed by atoms with E-state index in [0.29, 0.717) is 17.0 Å². The van der Waals surface area contributed by atoms with E-state index in [2.05, 4.69) is 20.6 Å². The van der Waals surface area contributed by atoms with Crippen LogP contribution in [0.1, 0.15) is 26.1 Å². The van der Waals surface area contributed by atoms with E-state index in [1.165, 1.54) is 31.2 Å². The summed E-state index contributed by atoms with van der Waals surface area (Å²) in [7, 11) is 0. The molecule has 2 heterocycles. The van der Waals surface area contributed by atoms with Crippen LogP contribution < -0.4 is 10.6 Å². The van der Waals surface area contributed by atoms with Gasteiger partial charge in [0.1, 0.15) is 4.88 Å². The number of thiazole rings is 2. The zero-order valence-corrected chi connectivity index (χ0v) is 15.9. The fourth-order valence-electron chi connectivity index (χ4n) is 2.22. The van der Waals surface area contributed by atoms with Gasteiger partial charge in [0.15, 0.2) is 16.5 Å². The summed E-state index contributed by atoms with van der Waals surface area (Å²) in [4.78, 5) is 18.5. The quantitative estimate of drug-likeness (QED) is 0.481. The van der Waals surface area contributed by atoms with Crippen LogP contribution in [0.2, 0.25) is 0 Å². The Morgan fingerprint density at radius 3 is 2.34 bits per heavy atom. The molecule has 2 N–H and O–H groups in total. The third-order valence-electron chi connectivity index (χ3n) is 3.38. The molecule has 0 aliphatic rings. The standard InChI is InChI=1S/C16H10F6N4OS2/c1-7-23-12(16(20,21)22)11(29-7)13(27)24-8-3-2-4-9(5-8)25-14-26-10(6-28-14)15(17,18)19/h2-6H,1H3,(H,24,27)(H,25,26). The Balaban J connectivity index is 1.77. The van der Waals surface area contributed by atoms with Gasteiger partial charge in [-0.25, -0.2) is 9.97 Å². The van der Waals surface area contributed by atoms with Gasteiger partial charge in [0.25, 0.3) is 5.91 Å². The number of benzene rings is 1. The lowest BCUT2D eigenvalue weighted by atomic mass is 10.2. The Bertz CT molecular complexity index is 1040. The van der Waals surface area contributed by atoms with Gasteiger partial charge in [-0.05, 0) is 25.1 Å². The van der Waals surface area contributed by atoms with Crippen LogP contribution in [0.5, 0.6) is 0 Å². The highest BCUT2D eigenvalue weighted by Gasteiger charge is 2.39. The number of amides is 1. The number of carbonyl (C=O) groups excluding carboxylic acids is 1. The molecule has 1 aromatic carbocycles. The molecule has 0 spiro atoms. The van der Waals surface area contributed by atoms with Crippen LogP contribution in [0, 0.1) is 6.92 Å². The number of rotatable bonds is 4. The third kappa shape index (κ3) is 5.03. The fourth-order valence-corrected chi connectivity index (χ4v) is 3.79. The van der Waals surface area contributed by atoms with E-state index in [1.54, 1.807) is 0 Å². The minimum Gasteiger partial charge on any atom is -0.331 e. The monoisotopic (exact) mass is 452 g/mol. The molecule has 1 amide bonds. The van der Waals surface area contributed by atoms with Crippen molar-refractivity contribution in [1.29, 1.82) is 0 Å². The van der Waals surface area contributed by atoms with Crippen molar-refractivity contribution in [3.8, 4) is 0 Å². The zero-order valence-electron chi connectivity index (χ0n) is 14.3. The van der Waals surface area contributed by atoms with E-state index in [1.807, 2.05) is 0 Å². The Kier molecular flexibility index (Phi) is 5.54. The van der Waals surface area contributed by atoms with Crippen LogP contribution in [0.25, 0.3) is 0 Å². The zero-order chi connectivity index (χ0) is 21.4. The first-order chi connectivity index (χ1) is 13.4. The number of anilines is 3. The Hall–Kier alpha value is -2.67. The van der Waals surface area contributed by atoms with Crippen molar-refractivity contribution in [2.45, 2.75) is 19.3 Å². The summed E-state index contributed by atoms with van der Waals surface area (Å²) in [5, 5.41) is 5.89. The average Bonchev–Trinajstić information content (AvgIpc) is 3.21. The molecule has 0 fully saturated rings. The third-order valence-corrected chi connectivity index (χ3v) is 5.10. The number of nitrogens with one attached hydrogen (secondary N) is 2. The first-order valence-electron chi connectivity index (χ1n) is 7.69. The van der Waals surface area contributed by atoms with Crippen LogP contribution in [-0.2, 0) is 12.4 Å². The molecule has 2 aromatic heterocycles. The number of carbonyl (C=O) groups is 1. The van der Waals surface area contributed by atoms with E-state index < -0.39 is 34.5 Å². The van der Waals surface area contributed by atoms with Gasteiger partial charge in [0.05, 0.1) is 5.01 Å². The average molecular weight is 452 g/mol. The lowest BCUT2D eigenvalue weighted by molar-refractivity contribution is -0.141. The maximum absolute atomic E-state index is 13.0. The molecule has 5 nitrogen and oxygen atoms in total. The smallest absolute Gasteiger partial charge is 0.331 e. The van der Waals surface area contributed by atoms with Crippen LogP contribution in [0.4, 0.5) is 42.8 Å². The molecular formula is C16H10F6N4OS2. The van der Waals surface area contributed by atoms with Gasteiger partial charge in [-0.15, -0.1) is 22.7 Å². The molecular weight excluding hydrogens is 442 g/mol. The molecule has 13 heteroatoms. The lowest BCUT2D eigenvalue weighted by Gasteiger charge is -2.09. The fraction of sp³-hybridized carbons (Fsp3) is 0.188. The highest BCUT2D eigenvalue weighted by molar-refractivity contribution is 7.14. The lowest BCUT2D eigenvalue weighted by Crippen LogP contribution is -2.17. The SMILES string of the molecule is Cc1nc(C(F)(F)F)c(C(=O)Nc2cccc(Nc3nc(C(F)(F)F)cs3)c2)s1. The number of hydrogen-bond donors (Lipinski definition) is 2. The van der Waals surface area contributed by atoms with Gasteiger partial charge >= 0.3 is 12.4 Å². The molecule has 0 radical (unpaired) electrons. The van der Waals surface area contributed by atoms with E-state index in [9.17, 15) is 31.1 Å². The first-order valence-corrected chi connectivity index (χ1v) is 9.39. The Morgan fingerprint density at radius 2 is 1.72 bits per heavy atom. The molecule has 3 rings (SSSR count). The predicted molar refractivity (Wildman–Crippen MR) is 96.6 cm³/mol. The Morgan fingerprint density at radius 1 is 1.03 bits per heavy atom. The number of nitrogens with zero attached hydrogens (tertiary/aromatic N) is 2. The van der Waals surface area contributed by atoms with Crippen molar-refractivity contribution < 1.29 is 31.1 Å². The molecule has 154 valence electrons. The number of halogens is 6. The van der Waals surface area contributed by atoms with Gasteiger partial charge in [0, 0.05) is 16.8 Å². The maximum Gasteiger partial charge on any atom is 0.435 e. The topological polar surface area (TPSA) is 66.9 Å². The van der Waals surface area contributed by atoms with Crippen molar-refractivity contribution in [1.82, 2.24) is 9.97 Å². The van der Waals surface area contributed by atoms with Gasteiger partial charge < -0.3 is 10.6 Å². The van der Waals surface area contributed by atoms with Crippen LogP contribution in [0.3, 0.4) is 0 Å². The second-order valence-electron chi connectivity index (χ2n) is 5.60. The summed E-state index contributed by atoms with van der Waals surface area (Å²) in [5.74, 6) is -0.992. The number of alkyl halides is 6. The molecule has 0 aliphatic carbocycles. The number of aryl methyl sites for hydroxylation is 1. The molecule has 0 saturated heterocycles. The molecule has 0 bridgehead atoms. The molecule has 0 atom stereocenters. The van der Waals surface area contributed by atoms with Gasteiger partial charge in [-0.3, -0.25) is 4.79 Å². The minimum absolute atomic E-state index is 0.0294. The Labute approximate surface area is 167 Å². The van der Waals surface area contributed by atoms with Gasteiger partial charge in [-0.1, -0.05) is 6.07 Å². The number of aromatic nitrogens is 2. The molecule has 0 aliphatic heterocycles. The summed E-state index contributed by atoms with van der Waals surface area (Å²) in [6, 6.07) is 5.75. The van der Waals surface area contributed by atoms with Crippen molar-refractivity contribution >= 4 is 45.1 Å². The van der Waals surface area contributed by atoms with Crippen molar-refractivity contribution in [2.75, 3.05) is 10.6 Å². The number of hydrogen-bond acceptors (Lipinski definition) is 6. The molecule has 3 aromatic rings. The van der Waals surface area contributed by atoms with E-state index in [0.717, 1.165) is 16.7 Å². The van der Waals surface area contributed by atoms with E-state index in [4.69, 9.17) is 0 Å². The highest BCUT2D eigenvalue weighted by atomic mass is 32.1. The molecule has 29 heavy (non-hydrogen) atoms. The maximum atomic E-state index is 13.0. The van der Waals surface area contributed by atoms with E-state index in [-0.39, 0.29) is 15.8 Å². The molecule has 0 unspecified atom stereocenters. The largest absolute Gasteiger partial charge is 0.435 e. The first kappa shape index (κ1) is 21.0. The second-order valence-corrected chi connectivity index (χ2v) is 7.67. The van der Waals surface area contributed by atoms with Crippen molar-refractivity contribution in [2.24, 2.45) is 0 Å². The summed E-state index contributed by atoms with van der Waals surface area (Å²) in [5.41, 5.74) is -1.88. The van der Waals surface area contributed by atoms with Crippen LogP contribution in [-0.4, -0.2) is 15.9 Å². The molecule has 0 saturated carbocycles. The highest BCUT2D eigenvalue weighted by Crippen LogP contribution is 2.35. The summed E-state index contributed by atoms with van der Waals surface area (Å²) >= 11 is 1.34. The summed E-state index contributed by atoms with van der Waals surface area (Å²) in [6.45, 7) is 1.35. The van der Waals surface area contributed by atoms with Crippen LogP contribution in [0.15, 0.2) is 29.6 Å². The minimum atomic E-state index is -4.78. The summed E-state index contributed by atoms with van der Waals surface area (Å²) < 4.78 is 76.9. The second kappa shape index (κ2) is 7.63. The van der Waals surface area contributed by atoms with Crippen LogP contribution >= 0.6 is 22.7 Å². The van der Waals surface area contributed by atoms with Gasteiger partial charge in [-0.2, -0.15) is 26.3 Å². The normalized spacial score (nSPS) is 12.1.